The summed E-state index contributed by atoms with van der Waals surface area (Å²) < 4.78 is 13.8. The summed E-state index contributed by atoms with van der Waals surface area (Å²) in [5.74, 6) is -0.214. The Hall–Kier alpha value is -1.46. The van der Waals surface area contributed by atoms with Crippen LogP contribution in [0.3, 0.4) is 0 Å². The second-order valence-corrected chi connectivity index (χ2v) is 5.59. The van der Waals surface area contributed by atoms with Gasteiger partial charge in [-0.05, 0) is 54.5 Å². The number of anilines is 1. The SMILES string of the molecule is Fc1ccc(CCNC(=S)Nc2cccc(Br)c2)cc1. The molecule has 0 aromatic heterocycles. The molecule has 0 aliphatic rings. The van der Waals surface area contributed by atoms with Crippen molar-refractivity contribution in [3.05, 3.63) is 64.4 Å². The molecular weight excluding hydrogens is 339 g/mol. The zero-order chi connectivity index (χ0) is 14.4. The normalized spacial score (nSPS) is 10.1. The lowest BCUT2D eigenvalue weighted by atomic mass is 10.1. The van der Waals surface area contributed by atoms with Gasteiger partial charge >= 0.3 is 0 Å². The zero-order valence-electron chi connectivity index (χ0n) is 10.7. The second-order valence-electron chi connectivity index (χ2n) is 4.27. The molecular formula is C15H14BrFN2S. The molecule has 0 heterocycles. The van der Waals surface area contributed by atoms with Gasteiger partial charge in [0.25, 0.3) is 0 Å². The summed E-state index contributed by atoms with van der Waals surface area (Å²) in [5.41, 5.74) is 2.00. The molecule has 2 N–H and O–H groups in total. The summed E-state index contributed by atoms with van der Waals surface area (Å²) in [5, 5.41) is 6.81. The number of rotatable bonds is 4. The molecule has 0 aliphatic heterocycles. The lowest BCUT2D eigenvalue weighted by molar-refractivity contribution is 0.627. The van der Waals surface area contributed by atoms with Crippen LogP contribution in [0.5, 0.6) is 0 Å². The quantitative estimate of drug-likeness (QED) is 0.809. The molecule has 0 atom stereocenters. The molecule has 0 spiro atoms. The van der Waals surface area contributed by atoms with Gasteiger partial charge in [0, 0.05) is 16.7 Å². The fourth-order valence-electron chi connectivity index (χ4n) is 1.71. The predicted molar refractivity (Wildman–Crippen MR) is 88.5 cm³/mol. The third-order valence-corrected chi connectivity index (χ3v) is 3.43. The first-order valence-corrected chi connectivity index (χ1v) is 7.38. The average molecular weight is 353 g/mol. The standard InChI is InChI=1S/C15H14BrFN2S/c16-12-2-1-3-14(10-12)19-15(20)18-9-8-11-4-6-13(17)7-5-11/h1-7,10H,8-9H2,(H2,18,19,20). The van der Waals surface area contributed by atoms with Crippen LogP contribution >= 0.6 is 28.1 Å². The lowest BCUT2D eigenvalue weighted by Crippen LogP contribution is -2.30. The van der Waals surface area contributed by atoms with Crippen LogP contribution in [-0.2, 0) is 6.42 Å². The van der Waals surface area contributed by atoms with Gasteiger partial charge in [0.15, 0.2) is 5.11 Å². The highest BCUT2D eigenvalue weighted by molar-refractivity contribution is 9.10. The Morgan fingerprint density at radius 1 is 1.15 bits per heavy atom. The first-order valence-electron chi connectivity index (χ1n) is 6.18. The van der Waals surface area contributed by atoms with Crippen LogP contribution in [0.4, 0.5) is 10.1 Å². The van der Waals surface area contributed by atoms with Crippen molar-refractivity contribution in [3.8, 4) is 0 Å². The molecule has 2 rings (SSSR count). The Morgan fingerprint density at radius 3 is 2.60 bits per heavy atom. The zero-order valence-corrected chi connectivity index (χ0v) is 13.1. The summed E-state index contributed by atoms with van der Waals surface area (Å²) in [6, 6.07) is 14.3. The van der Waals surface area contributed by atoms with E-state index in [2.05, 4.69) is 26.6 Å². The van der Waals surface area contributed by atoms with E-state index in [0.717, 1.165) is 22.1 Å². The molecule has 0 saturated carbocycles. The lowest BCUT2D eigenvalue weighted by Gasteiger charge is -2.10. The van der Waals surface area contributed by atoms with Gasteiger partial charge < -0.3 is 10.6 Å². The maximum absolute atomic E-state index is 12.8. The van der Waals surface area contributed by atoms with E-state index < -0.39 is 0 Å². The Kier molecular flexibility index (Phi) is 5.49. The van der Waals surface area contributed by atoms with Crippen molar-refractivity contribution in [2.45, 2.75) is 6.42 Å². The fraction of sp³-hybridized carbons (Fsp3) is 0.133. The van der Waals surface area contributed by atoms with Crippen molar-refractivity contribution in [1.82, 2.24) is 5.32 Å². The van der Waals surface area contributed by atoms with Gasteiger partial charge in [-0.2, -0.15) is 0 Å². The van der Waals surface area contributed by atoms with E-state index in [0.29, 0.717) is 11.7 Å². The summed E-state index contributed by atoms with van der Waals surface area (Å²) in [4.78, 5) is 0. The molecule has 0 fully saturated rings. The van der Waals surface area contributed by atoms with Crippen molar-refractivity contribution >= 4 is 38.9 Å². The van der Waals surface area contributed by atoms with Crippen molar-refractivity contribution in [2.75, 3.05) is 11.9 Å². The fourth-order valence-corrected chi connectivity index (χ4v) is 2.33. The van der Waals surface area contributed by atoms with Crippen LogP contribution in [0.1, 0.15) is 5.56 Å². The number of thiocarbonyl (C=S) groups is 1. The molecule has 0 amide bonds. The van der Waals surface area contributed by atoms with E-state index in [9.17, 15) is 4.39 Å². The van der Waals surface area contributed by atoms with E-state index in [1.807, 2.05) is 24.3 Å². The average Bonchev–Trinajstić information content (AvgIpc) is 2.41. The highest BCUT2D eigenvalue weighted by Crippen LogP contribution is 2.15. The Morgan fingerprint density at radius 2 is 1.90 bits per heavy atom. The van der Waals surface area contributed by atoms with Crippen molar-refractivity contribution in [3.63, 3.8) is 0 Å². The smallest absolute Gasteiger partial charge is 0.170 e. The van der Waals surface area contributed by atoms with E-state index in [1.165, 1.54) is 12.1 Å². The third kappa shape index (κ3) is 4.90. The molecule has 0 radical (unpaired) electrons. The molecule has 2 nitrogen and oxygen atoms in total. The minimum Gasteiger partial charge on any atom is -0.362 e. The molecule has 5 heteroatoms. The summed E-state index contributed by atoms with van der Waals surface area (Å²) >= 11 is 8.62. The predicted octanol–water partition coefficient (Wildman–Crippen LogP) is 4.12. The minimum atomic E-state index is -0.214. The van der Waals surface area contributed by atoms with Crippen LogP contribution in [0.2, 0.25) is 0 Å². The second kappa shape index (κ2) is 7.36. The first kappa shape index (κ1) is 14.9. The molecule has 0 bridgehead atoms. The van der Waals surface area contributed by atoms with Crippen LogP contribution in [-0.4, -0.2) is 11.7 Å². The van der Waals surface area contributed by atoms with Crippen LogP contribution in [0.15, 0.2) is 53.0 Å². The Balaban J connectivity index is 1.76. The summed E-state index contributed by atoms with van der Waals surface area (Å²) in [7, 11) is 0. The topological polar surface area (TPSA) is 24.1 Å². The van der Waals surface area contributed by atoms with Crippen molar-refractivity contribution < 1.29 is 4.39 Å². The third-order valence-electron chi connectivity index (χ3n) is 2.69. The number of nitrogens with one attached hydrogen (secondary N) is 2. The van der Waals surface area contributed by atoms with E-state index in [1.54, 1.807) is 12.1 Å². The maximum atomic E-state index is 12.8. The van der Waals surface area contributed by atoms with Gasteiger partial charge in [0.1, 0.15) is 5.82 Å². The van der Waals surface area contributed by atoms with Crippen molar-refractivity contribution in [1.29, 1.82) is 0 Å². The van der Waals surface area contributed by atoms with E-state index in [4.69, 9.17) is 12.2 Å². The minimum absolute atomic E-state index is 0.214. The van der Waals surface area contributed by atoms with E-state index in [-0.39, 0.29) is 5.82 Å². The molecule has 0 saturated heterocycles. The summed E-state index contributed by atoms with van der Waals surface area (Å²) in [6.45, 7) is 0.700. The molecule has 2 aromatic carbocycles. The highest BCUT2D eigenvalue weighted by Gasteiger charge is 1.99. The van der Waals surface area contributed by atoms with Gasteiger partial charge in [0.2, 0.25) is 0 Å². The van der Waals surface area contributed by atoms with Gasteiger partial charge in [-0.3, -0.25) is 0 Å². The van der Waals surface area contributed by atoms with Crippen molar-refractivity contribution in [2.24, 2.45) is 0 Å². The van der Waals surface area contributed by atoms with Gasteiger partial charge in [-0.25, -0.2) is 4.39 Å². The molecule has 20 heavy (non-hydrogen) atoms. The summed E-state index contributed by atoms with van der Waals surface area (Å²) in [6.07, 6.45) is 0.792. The Bertz CT molecular complexity index is 587. The number of benzene rings is 2. The van der Waals surface area contributed by atoms with Gasteiger partial charge in [-0.1, -0.05) is 34.1 Å². The van der Waals surface area contributed by atoms with Gasteiger partial charge in [0.05, 0.1) is 0 Å². The van der Waals surface area contributed by atoms with E-state index >= 15 is 0 Å². The molecule has 104 valence electrons. The maximum Gasteiger partial charge on any atom is 0.170 e. The number of hydrogen-bond acceptors (Lipinski definition) is 1. The van der Waals surface area contributed by atoms with Crippen LogP contribution in [0, 0.1) is 5.82 Å². The first-order chi connectivity index (χ1) is 9.63. The number of hydrogen-bond donors (Lipinski definition) is 2. The molecule has 0 aliphatic carbocycles. The monoisotopic (exact) mass is 352 g/mol. The molecule has 0 unspecified atom stereocenters. The van der Waals surface area contributed by atoms with Gasteiger partial charge in [-0.15, -0.1) is 0 Å². The molecule has 2 aromatic rings. The van der Waals surface area contributed by atoms with Crippen LogP contribution in [0.25, 0.3) is 0 Å². The number of halogens is 2. The Labute approximate surface area is 131 Å². The van der Waals surface area contributed by atoms with Crippen LogP contribution < -0.4 is 10.6 Å². The highest BCUT2D eigenvalue weighted by atomic mass is 79.9. The largest absolute Gasteiger partial charge is 0.362 e.